The molecule has 0 aromatic carbocycles. The molecule has 0 aliphatic carbocycles. The van der Waals surface area contributed by atoms with E-state index in [0.717, 1.165) is 19.5 Å². The largest absolute Gasteiger partial charge is 0.407 e. The Hall–Kier alpha value is -1.10. The number of aromatic nitrogens is 2. The van der Waals surface area contributed by atoms with Crippen LogP contribution in [0.25, 0.3) is 0 Å². The molecule has 1 aromatic heterocycles. The van der Waals surface area contributed by atoms with Crippen molar-refractivity contribution in [2.75, 3.05) is 18.4 Å². The summed E-state index contributed by atoms with van der Waals surface area (Å²) in [5.74, 6) is 1.31. The lowest BCUT2D eigenvalue weighted by Crippen LogP contribution is -2.14. The first-order valence-electron chi connectivity index (χ1n) is 6.57. The lowest BCUT2D eigenvalue weighted by Gasteiger charge is -2.11. The van der Waals surface area contributed by atoms with Crippen molar-refractivity contribution in [3.05, 3.63) is 5.89 Å². The smallest absolute Gasteiger partial charge is 0.315 e. The van der Waals surface area contributed by atoms with Crippen LogP contribution in [0.15, 0.2) is 4.42 Å². The number of rotatable bonds is 9. The normalized spacial score (nSPS) is 11.1. The molecule has 0 atom stereocenters. The van der Waals surface area contributed by atoms with Crippen LogP contribution in [0.2, 0.25) is 0 Å². The summed E-state index contributed by atoms with van der Waals surface area (Å²) in [4.78, 5) is 0. The molecule has 0 amide bonds. The summed E-state index contributed by atoms with van der Waals surface area (Å²) < 4.78 is 5.47. The maximum absolute atomic E-state index is 5.47. The summed E-state index contributed by atoms with van der Waals surface area (Å²) in [6.07, 6.45) is 3.44. The van der Waals surface area contributed by atoms with Crippen LogP contribution in [-0.2, 0) is 6.54 Å². The van der Waals surface area contributed by atoms with Crippen molar-refractivity contribution >= 4 is 6.01 Å². The first-order chi connectivity index (χ1) is 8.30. The second-order valence-electron chi connectivity index (χ2n) is 4.24. The van der Waals surface area contributed by atoms with Crippen LogP contribution in [-0.4, -0.2) is 23.3 Å². The first-order valence-corrected chi connectivity index (χ1v) is 6.57. The Kier molecular flexibility index (Phi) is 6.62. The Balaban J connectivity index is 2.30. The van der Waals surface area contributed by atoms with Gasteiger partial charge in [0, 0.05) is 6.54 Å². The molecule has 1 heterocycles. The van der Waals surface area contributed by atoms with E-state index in [0.29, 0.717) is 24.4 Å². The highest BCUT2D eigenvalue weighted by atomic mass is 16.4. The van der Waals surface area contributed by atoms with Crippen molar-refractivity contribution < 1.29 is 4.42 Å². The van der Waals surface area contributed by atoms with Gasteiger partial charge in [-0.25, -0.2) is 0 Å². The summed E-state index contributed by atoms with van der Waals surface area (Å²) in [5, 5.41) is 14.4. The van der Waals surface area contributed by atoms with Crippen LogP contribution in [0, 0.1) is 5.92 Å². The number of hydrogen-bond acceptors (Lipinski definition) is 5. The maximum Gasteiger partial charge on any atom is 0.315 e. The van der Waals surface area contributed by atoms with E-state index >= 15 is 0 Å². The fourth-order valence-electron chi connectivity index (χ4n) is 1.58. The predicted octanol–water partition coefficient (Wildman–Crippen LogP) is 2.42. The zero-order valence-corrected chi connectivity index (χ0v) is 11.1. The lowest BCUT2D eigenvalue weighted by atomic mass is 10.0. The molecule has 98 valence electrons. The Morgan fingerprint density at radius 2 is 1.94 bits per heavy atom. The molecular formula is C12H24N4O. The molecule has 0 aliphatic rings. The van der Waals surface area contributed by atoms with Crippen molar-refractivity contribution in [1.82, 2.24) is 15.5 Å². The Morgan fingerprint density at radius 1 is 1.18 bits per heavy atom. The molecular weight excluding hydrogens is 216 g/mol. The van der Waals surface area contributed by atoms with E-state index in [4.69, 9.17) is 4.42 Å². The molecule has 0 saturated carbocycles. The summed E-state index contributed by atoms with van der Waals surface area (Å²) in [7, 11) is 0. The second kappa shape index (κ2) is 8.06. The molecule has 1 aromatic rings. The Morgan fingerprint density at radius 3 is 2.59 bits per heavy atom. The topological polar surface area (TPSA) is 63.0 Å². The predicted molar refractivity (Wildman–Crippen MR) is 68.9 cm³/mol. The van der Waals surface area contributed by atoms with Gasteiger partial charge in [-0.2, -0.15) is 0 Å². The zero-order chi connectivity index (χ0) is 12.5. The van der Waals surface area contributed by atoms with Crippen LogP contribution in [0.5, 0.6) is 0 Å². The van der Waals surface area contributed by atoms with E-state index in [2.05, 4.69) is 41.6 Å². The standard InChI is InChI=1S/C12H24N4O/c1-4-7-13-9-11-15-16-12(17-11)14-8-10(5-2)6-3/h10,13H,4-9H2,1-3H3,(H,14,16). The Bertz CT molecular complexity index is 296. The molecule has 0 unspecified atom stereocenters. The van der Waals surface area contributed by atoms with Gasteiger partial charge in [0.1, 0.15) is 0 Å². The molecule has 5 nitrogen and oxygen atoms in total. The van der Waals surface area contributed by atoms with Gasteiger partial charge >= 0.3 is 6.01 Å². The minimum Gasteiger partial charge on any atom is -0.407 e. The van der Waals surface area contributed by atoms with Gasteiger partial charge in [0.2, 0.25) is 5.89 Å². The quantitative estimate of drug-likeness (QED) is 0.649. The third-order valence-corrected chi connectivity index (χ3v) is 2.87. The summed E-state index contributed by atoms with van der Waals surface area (Å²) in [5.41, 5.74) is 0. The van der Waals surface area contributed by atoms with E-state index in [1.807, 2.05) is 0 Å². The van der Waals surface area contributed by atoms with Gasteiger partial charge in [-0.3, -0.25) is 0 Å². The number of hydrogen-bond donors (Lipinski definition) is 2. The number of anilines is 1. The van der Waals surface area contributed by atoms with Crippen LogP contribution < -0.4 is 10.6 Å². The SMILES string of the molecule is CCCNCc1nnc(NCC(CC)CC)o1. The van der Waals surface area contributed by atoms with Crippen LogP contribution in [0.1, 0.15) is 45.9 Å². The highest BCUT2D eigenvalue weighted by molar-refractivity contribution is 5.16. The van der Waals surface area contributed by atoms with E-state index in [-0.39, 0.29) is 0 Å². The minimum atomic E-state index is 0.533. The van der Waals surface area contributed by atoms with E-state index in [1.54, 1.807) is 0 Å². The molecule has 2 N–H and O–H groups in total. The van der Waals surface area contributed by atoms with Crippen molar-refractivity contribution in [3.63, 3.8) is 0 Å². The van der Waals surface area contributed by atoms with E-state index < -0.39 is 0 Å². The average Bonchev–Trinajstić information content (AvgIpc) is 2.79. The molecule has 0 spiro atoms. The van der Waals surface area contributed by atoms with Gasteiger partial charge in [0.25, 0.3) is 0 Å². The zero-order valence-electron chi connectivity index (χ0n) is 11.1. The van der Waals surface area contributed by atoms with Crippen molar-refractivity contribution in [2.45, 2.75) is 46.6 Å². The second-order valence-corrected chi connectivity index (χ2v) is 4.24. The fourth-order valence-corrected chi connectivity index (χ4v) is 1.58. The molecule has 0 aliphatic heterocycles. The number of nitrogens with one attached hydrogen (secondary N) is 2. The van der Waals surface area contributed by atoms with Gasteiger partial charge in [-0.15, -0.1) is 5.10 Å². The minimum absolute atomic E-state index is 0.533. The van der Waals surface area contributed by atoms with E-state index in [9.17, 15) is 0 Å². The molecule has 0 fully saturated rings. The number of nitrogens with zero attached hydrogens (tertiary/aromatic N) is 2. The maximum atomic E-state index is 5.47. The van der Waals surface area contributed by atoms with Crippen molar-refractivity contribution in [3.8, 4) is 0 Å². The summed E-state index contributed by atoms with van der Waals surface area (Å²) >= 11 is 0. The highest BCUT2D eigenvalue weighted by Crippen LogP contribution is 2.10. The lowest BCUT2D eigenvalue weighted by molar-refractivity contribution is 0.465. The molecule has 5 heteroatoms. The van der Waals surface area contributed by atoms with E-state index in [1.165, 1.54) is 12.8 Å². The first kappa shape index (κ1) is 14.0. The average molecular weight is 240 g/mol. The van der Waals surface area contributed by atoms with Gasteiger partial charge in [-0.1, -0.05) is 38.7 Å². The molecule has 17 heavy (non-hydrogen) atoms. The summed E-state index contributed by atoms with van der Waals surface area (Å²) in [6.45, 7) is 9.04. The van der Waals surface area contributed by atoms with Crippen molar-refractivity contribution in [1.29, 1.82) is 0 Å². The Labute approximate surface area is 103 Å². The molecule has 1 rings (SSSR count). The van der Waals surface area contributed by atoms with Crippen molar-refractivity contribution in [2.24, 2.45) is 5.92 Å². The van der Waals surface area contributed by atoms with Gasteiger partial charge in [0.05, 0.1) is 6.54 Å². The van der Waals surface area contributed by atoms with Crippen LogP contribution >= 0.6 is 0 Å². The third kappa shape index (κ3) is 5.17. The fraction of sp³-hybridized carbons (Fsp3) is 0.833. The summed E-state index contributed by atoms with van der Waals surface area (Å²) in [6, 6.07) is 0.533. The van der Waals surface area contributed by atoms with Crippen LogP contribution in [0.4, 0.5) is 6.01 Å². The van der Waals surface area contributed by atoms with Gasteiger partial charge in [-0.05, 0) is 18.9 Å². The molecule has 0 radical (unpaired) electrons. The van der Waals surface area contributed by atoms with Crippen LogP contribution in [0.3, 0.4) is 0 Å². The van der Waals surface area contributed by atoms with Gasteiger partial charge < -0.3 is 15.1 Å². The molecule has 0 saturated heterocycles. The highest BCUT2D eigenvalue weighted by Gasteiger charge is 2.07. The monoisotopic (exact) mass is 240 g/mol. The third-order valence-electron chi connectivity index (χ3n) is 2.87. The van der Waals surface area contributed by atoms with Gasteiger partial charge in [0.15, 0.2) is 0 Å². The molecule has 0 bridgehead atoms.